The van der Waals surface area contributed by atoms with Crippen LogP contribution in [0.2, 0.25) is 0 Å². The highest BCUT2D eigenvalue weighted by molar-refractivity contribution is 7.89. The van der Waals surface area contributed by atoms with Gasteiger partial charge in [-0.05, 0) is 49.2 Å². The zero-order valence-electron chi connectivity index (χ0n) is 15.5. The van der Waals surface area contributed by atoms with E-state index >= 15 is 0 Å². The lowest BCUT2D eigenvalue weighted by atomic mass is 10.2. The molecule has 6 nitrogen and oxygen atoms in total. The van der Waals surface area contributed by atoms with E-state index < -0.39 is 10.0 Å². The summed E-state index contributed by atoms with van der Waals surface area (Å²) in [6, 6.07) is 13.2. The first-order valence-corrected chi connectivity index (χ1v) is 10.4. The Kier molecular flexibility index (Phi) is 5.82. The van der Waals surface area contributed by atoms with Gasteiger partial charge in [-0.1, -0.05) is 25.0 Å². The van der Waals surface area contributed by atoms with Crippen molar-refractivity contribution in [3.05, 3.63) is 54.1 Å². The molecule has 27 heavy (non-hydrogen) atoms. The van der Waals surface area contributed by atoms with Crippen molar-refractivity contribution in [2.45, 2.75) is 36.6 Å². The molecule has 1 fully saturated rings. The summed E-state index contributed by atoms with van der Waals surface area (Å²) in [5.41, 5.74) is 0.936. The number of methoxy groups -OCH3 is 1. The Hall–Kier alpha value is -2.38. The van der Waals surface area contributed by atoms with Gasteiger partial charge in [0.15, 0.2) is 0 Å². The minimum absolute atomic E-state index is 0.0588. The summed E-state index contributed by atoms with van der Waals surface area (Å²) in [7, 11) is -0.387. The molecule has 0 unspecified atom stereocenters. The van der Waals surface area contributed by atoms with Gasteiger partial charge in [0.2, 0.25) is 10.0 Å². The summed E-state index contributed by atoms with van der Waals surface area (Å²) in [6.45, 7) is 0. The van der Waals surface area contributed by atoms with Crippen LogP contribution in [0.25, 0.3) is 0 Å². The number of anilines is 1. The quantitative estimate of drug-likeness (QED) is 0.822. The monoisotopic (exact) mass is 388 g/mol. The highest BCUT2D eigenvalue weighted by Crippen LogP contribution is 2.28. The van der Waals surface area contributed by atoms with Crippen molar-refractivity contribution in [3.63, 3.8) is 0 Å². The molecule has 0 spiro atoms. The number of para-hydroxylation sites is 2. The van der Waals surface area contributed by atoms with Crippen LogP contribution in [-0.2, 0) is 10.0 Å². The van der Waals surface area contributed by atoms with E-state index in [0.717, 1.165) is 25.7 Å². The first-order chi connectivity index (χ1) is 12.9. The molecule has 2 aromatic carbocycles. The van der Waals surface area contributed by atoms with Crippen LogP contribution < -0.4 is 10.1 Å². The number of ether oxygens (including phenoxy) is 1. The molecule has 2 aromatic rings. The topological polar surface area (TPSA) is 75.7 Å². The Bertz CT molecular complexity index is 904. The van der Waals surface area contributed by atoms with Gasteiger partial charge < -0.3 is 10.1 Å². The molecule has 0 heterocycles. The summed E-state index contributed by atoms with van der Waals surface area (Å²) >= 11 is 0. The van der Waals surface area contributed by atoms with Gasteiger partial charge in [-0.25, -0.2) is 8.42 Å². The smallest absolute Gasteiger partial charge is 0.255 e. The van der Waals surface area contributed by atoms with Crippen molar-refractivity contribution in [1.82, 2.24) is 4.31 Å². The number of nitrogens with one attached hydrogen (secondary N) is 1. The van der Waals surface area contributed by atoms with E-state index in [1.807, 2.05) is 6.07 Å². The summed E-state index contributed by atoms with van der Waals surface area (Å²) in [4.78, 5) is 12.7. The fourth-order valence-electron chi connectivity index (χ4n) is 3.35. The molecule has 1 saturated carbocycles. The number of sulfonamides is 1. The number of hydrogen-bond acceptors (Lipinski definition) is 4. The van der Waals surface area contributed by atoms with Crippen LogP contribution >= 0.6 is 0 Å². The van der Waals surface area contributed by atoms with Crippen molar-refractivity contribution < 1.29 is 17.9 Å². The van der Waals surface area contributed by atoms with Crippen molar-refractivity contribution in [2.24, 2.45) is 0 Å². The Morgan fingerprint density at radius 1 is 1.07 bits per heavy atom. The lowest BCUT2D eigenvalue weighted by Gasteiger charge is -2.23. The molecule has 7 heteroatoms. The van der Waals surface area contributed by atoms with E-state index in [2.05, 4.69) is 5.32 Å². The third-order valence-corrected chi connectivity index (χ3v) is 6.91. The molecular formula is C20H24N2O4S. The Morgan fingerprint density at radius 2 is 1.70 bits per heavy atom. The third-order valence-electron chi connectivity index (χ3n) is 4.99. The predicted octanol–water partition coefficient (Wildman–Crippen LogP) is 3.51. The van der Waals surface area contributed by atoms with E-state index in [1.165, 1.54) is 35.7 Å². The maximum atomic E-state index is 12.8. The van der Waals surface area contributed by atoms with Gasteiger partial charge >= 0.3 is 0 Å². The molecule has 0 bridgehead atoms. The molecule has 3 rings (SSSR count). The van der Waals surface area contributed by atoms with Crippen molar-refractivity contribution in [1.29, 1.82) is 0 Å². The molecule has 1 N–H and O–H groups in total. The highest BCUT2D eigenvalue weighted by Gasteiger charge is 2.30. The first kappa shape index (κ1) is 19.4. The normalized spacial score (nSPS) is 15.1. The Balaban J connectivity index is 1.75. The standard InChI is InChI=1S/C20H24N2O4S/c1-22(16-7-3-4-8-16)27(24,25)17-13-11-15(12-14-17)20(23)21-18-9-5-6-10-19(18)26-2/h5-6,9-14,16H,3-4,7-8H2,1-2H3,(H,21,23). The molecule has 144 valence electrons. The van der Waals surface area contributed by atoms with E-state index in [-0.39, 0.29) is 16.8 Å². The largest absolute Gasteiger partial charge is 0.495 e. The maximum Gasteiger partial charge on any atom is 0.255 e. The van der Waals surface area contributed by atoms with Crippen LogP contribution in [0.1, 0.15) is 36.0 Å². The second kappa shape index (κ2) is 8.10. The van der Waals surface area contributed by atoms with Gasteiger partial charge in [0, 0.05) is 18.7 Å². The first-order valence-electron chi connectivity index (χ1n) is 8.96. The number of benzene rings is 2. The highest BCUT2D eigenvalue weighted by atomic mass is 32.2. The van der Waals surface area contributed by atoms with Gasteiger partial charge in [0.1, 0.15) is 5.75 Å². The maximum absolute atomic E-state index is 12.8. The SMILES string of the molecule is COc1ccccc1NC(=O)c1ccc(S(=O)(=O)N(C)C2CCCC2)cc1. The fraction of sp³-hybridized carbons (Fsp3) is 0.350. The van der Waals surface area contributed by atoms with Crippen LogP contribution in [0.4, 0.5) is 5.69 Å². The van der Waals surface area contributed by atoms with Crippen LogP contribution in [0, 0.1) is 0 Å². The summed E-state index contributed by atoms with van der Waals surface area (Å²) < 4.78 is 32.3. The van der Waals surface area contributed by atoms with E-state index in [0.29, 0.717) is 17.0 Å². The molecule has 0 saturated heterocycles. The molecule has 1 aliphatic rings. The molecule has 0 atom stereocenters. The summed E-state index contributed by atoms with van der Waals surface area (Å²) in [6.07, 6.45) is 3.92. The van der Waals surface area contributed by atoms with Crippen LogP contribution in [0.3, 0.4) is 0 Å². The second-order valence-electron chi connectivity index (χ2n) is 6.64. The van der Waals surface area contributed by atoms with Crippen molar-refractivity contribution in [3.8, 4) is 5.75 Å². The van der Waals surface area contributed by atoms with Crippen LogP contribution in [0.5, 0.6) is 5.75 Å². The fourth-order valence-corrected chi connectivity index (χ4v) is 4.77. The molecular weight excluding hydrogens is 364 g/mol. The van der Waals surface area contributed by atoms with Gasteiger partial charge in [0.25, 0.3) is 5.91 Å². The third kappa shape index (κ3) is 4.14. The molecule has 0 radical (unpaired) electrons. The number of carbonyl (C=O) groups is 1. The predicted molar refractivity (Wildman–Crippen MR) is 105 cm³/mol. The minimum atomic E-state index is -3.55. The zero-order chi connectivity index (χ0) is 19.4. The second-order valence-corrected chi connectivity index (χ2v) is 8.64. The van der Waals surface area contributed by atoms with Crippen LogP contribution in [0.15, 0.2) is 53.4 Å². The van der Waals surface area contributed by atoms with Gasteiger partial charge in [-0.3, -0.25) is 4.79 Å². The number of carbonyl (C=O) groups excluding carboxylic acids is 1. The van der Waals surface area contributed by atoms with Crippen molar-refractivity contribution in [2.75, 3.05) is 19.5 Å². The Labute approximate surface area is 160 Å². The summed E-state index contributed by atoms with van der Waals surface area (Å²) in [5.74, 6) is 0.232. The van der Waals surface area contributed by atoms with E-state index in [1.54, 1.807) is 25.2 Å². The number of hydrogen-bond donors (Lipinski definition) is 1. The Morgan fingerprint density at radius 3 is 2.33 bits per heavy atom. The average molecular weight is 388 g/mol. The molecule has 1 aliphatic carbocycles. The van der Waals surface area contributed by atoms with Crippen molar-refractivity contribution >= 4 is 21.6 Å². The van der Waals surface area contributed by atoms with E-state index in [9.17, 15) is 13.2 Å². The van der Waals surface area contributed by atoms with Crippen LogP contribution in [-0.4, -0.2) is 38.8 Å². The zero-order valence-corrected chi connectivity index (χ0v) is 16.3. The lowest BCUT2D eigenvalue weighted by molar-refractivity contribution is 0.102. The lowest BCUT2D eigenvalue weighted by Crippen LogP contribution is -2.35. The number of rotatable bonds is 6. The molecule has 0 aromatic heterocycles. The van der Waals surface area contributed by atoms with Gasteiger partial charge in [-0.15, -0.1) is 0 Å². The number of nitrogens with zero attached hydrogens (tertiary/aromatic N) is 1. The summed E-state index contributed by atoms with van der Waals surface area (Å²) in [5, 5.41) is 2.78. The number of amides is 1. The molecule has 1 amide bonds. The van der Waals surface area contributed by atoms with E-state index in [4.69, 9.17) is 4.74 Å². The van der Waals surface area contributed by atoms with Gasteiger partial charge in [-0.2, -0.15) is 4.31 Å². The average Bonchev–Trinajstić information content (AvgIpc) is 3.22. The van der Waals surface area contributed by atoms with Gasteiger partial charge in [0.05, 0.1) is 17.7 Å². The molecule has 0 aliphatic heterocycles. The minimum Gasteiger partial charge on any atom is -0.495 e.